The largest absolute Gasteiger partial charge is 0.495 e. The third-order valence-electron chi connectivity index (χ3n) is 3.72. The molecule has 2 aliphatic heterocycles. The second kappa shape index (κ2) is 5.99. The first-order valence-corrected chi connectivity index (χ1v) is 9.98. The fourth-order valence-electron chi connectivity index (χ4n) is 2.83. The van der Waals surface area contributed by atoms with Gasteiger partial charge < -0.3 is 9.64 Å². The molecule has 2 fully saturated rings. The maximum atomic E-state index is 12.0. The van der Waals surface area contributed by atoms with E-state index >= 15 is 0 Å². The molecule has 2 unspecified atom stereocenters. The van der Waals surface area contributed by atoms with E-state index in [9.17, 15) is 13.2 Å². The molecule has 23 heavy (non-hydrogen) atoms. The number of sulfone groups is 1. The van der Waals surface area contributed by atoms with E-state index in [1.807, 2.05) is 0 Å². The highest BCUT2D eigenvalue weighted by atomic mass is 35.5. The van der Waals surface area contributed by atoms with Crippen molar-refractivity contribution in [1.82, 2.24) is 0 Å². The number of aliphatic imine (C=N–C) groups is 1. The van der Waals surface area contributed by atoms with Gasteiger partial charge in [-0.2, -0.15) is 4.99 Å². The minimum Gasteiger partial charge on any atom is -0.495 e. The molecule has 124 valence electrons. The zero-order valence-corrected chi connectivity index (χ0v) is 14.9. The summed E-state index contributed by atoms with van der Waals surface area (Å²) in [7, 11) is -1.58. The molecule has 9 heteroatoms. The molecule has 0 bridgehead atoms. The Kier molecular flexibility index (Phi) is 4.33. The monoisotopic (exact) mass is 374 g/mol. The molecule has 2 atom stereocenters. The van der Waals surface area contributed by atoms with Crippen molar-refractivity contribution in [2.75, 3.05) is 23.5 Å². The predicted octanol–water partition coefficient (Wildman–Crippen LogP) is 1.97. The number of nitrogens with zero attached hydrogens (tertiary/aromatic N) is 2. The van der Waals surface area contributed by atoms with Crippen LogP contribution in [0, 0.1) is 0 Å². The molecule has 2 saturated heterocycles. The summed E-state index contributed by atoms with van der Waals surface area (Å²) in [4.78, 5) is 17.3. The van der Waals surface area contributed by atoms with E-state index in [0.717, 1.165) is 0 Å². The molecule has 0 N–H and O–H groups in total. The van der Waals surface area contributed by atoms with E-state index in [1.54, 1.807) is 23.1 Å². The predicted molar refractivity (Wildman–Crippen MR) is 92.4 cm³/mol. The molecule has 1 amide bonds. The Morgan fingerprint density at radius 1 is 1.43 bits per heavy atom. The van der Waals surface area contributed by atoms with Crippen LogP contribution in [0.15, 0.2) is 23.2 Å². The van der Waals surface area contributed by atoms with Crippen LogP contribution in [0.4, 0.5) is 5.69 Å². The Hall–Kier alpha value is -1.25. The van der Waals surface area contributed by atoms with E-state index in [-0.39, 0.29) is 28.7 Å². The topological polar surface area (TPSA) is 76.0 Å². The number of amidine groups is 1. The maximum absolute atomic E-state index is 12.0. The van der Waals surface area contributed by atoms with Crippen LogP contribution in [0.25, 0.3) is 0 Å². The van der Waals surface area contributed by atoms with Crippen molar-refractivity contribution in [3.63, 3.8) is 0 Å². The van der Waals surface area contributed by atoms with Gasteiger partial charge in [-0.15, -0.1) is 0 Å². The quantitative estimate of drug-likeness (QED) is 0.787. The van der Waals surface area contributed by atoms with E-state index in [0.29, 0.717) is 21.6 Å². The summed E-state index contributed by atoms with van der Waals surface area (Å²) in [5.41, 5.74) is 0.622. The van der Waals surface area contributed by atoms with Crippen molar-refractivity contribution in [2.45, 2.75) is 18.2 Å². The first-order valence-electron chi connectivity index (χ1n) is 6.90. The van der Waals surface area contributed by atoms with E-state index in [4.69, 9.17) is 16.3 Å². The van der Waals surface area contributed by atoms with Crippen molar-refractivity contribution in [1.29, 1.82) is 0 Å². The number of carbonyl (C=O) groups is 1. The number of fused-ring (bicyclic) bond motifs is 1. The van der Waals surface area contributed by atoms with Crippen LogP contribution in [-0.2, 0) is 14.6 Å². The molecule has 0 aromatic heterocycles. The smallest absolute Gasteiger partial charge is 0.244 e. The Morgan fingerprint density at radius 2 is 2.17 bits per heavy atom. The molecule has 0 radical (unpaired) electrons. The summed E-state index contributed by atoms with van der Waals surface area (Å²) < 4.78 is 29.3. The third kappa shape index (κ3) is 3.20. The number of ether oxygens (including phenoxy) is 1. The Balaban J connectivity index is 2.12. The summed E-state index contributed by atoms with van der Waals surface area (Å²) in [5.74, 6) is 0.327. The molecule has 1 aromatic rings. The number of rotatable bonds is 2. The molecule has 0 saturated carbocycles. The lowest BCUT2D eigenvalue weighted by molar-refractivity contribution is -0.115. The first-order chi connectivity index (χ1) is 10.8. The SMILES string of the molecule is COc1ccc(Cl)cc1N1C(=NC(C)=O)SC2CS(=O)(=O)CC21. The van der Waals surface area contributed by atoms with Gasteiger partial charge in [-0.1, -0.05) is 23.4 Å². The van der Waals surface area contributed by atoms with Crippen molar-refractivity contribution >= 4 is 50.0 Å². The van der Waals surface area contributed by atoms with Gasteiger partial charge in [0, 0.05) is 17.2 Å². The van der Waals surface area contributed by atoms with Gasteiger partial charge in [0.2, 0.25) is 5.91 Å². The summed E-state index contributed by atoms with van der Waals surface area (Å²) in [6, 6.07) is 4.82. The number of halogens is 1. The van der Waals surface area contributed by atoms with E-state index in [1.165, 1.54) is 25.8 Å². The summed E-state index contributed by atoms with van der Waals surface area (Å²) >= 11 is 7.41. The lowest BCUT2D eigenvalue weighted by Gasteiger charge is -2.26. The summed E-state index contributed by atoms with van der Waals surface area (Å²) in [6.45, 7) is 1.37. The van der Waals surface area contributed by atoms with Crippen LogP contribution in [0.3, 0.4) is 0 Å². The highest BCUT2D eigenvalue weighted by Gasteiger charge is 2.50. The van der Waals surface area contributed by atoms with Gasteiger partial charge in [-0.25, -0.2) is 8.42 Å². The Labute approximate surface area is 143 Å². The second-order valence-corrected chi connectivity index (χ2v) is 9.20. The average Bonchev–Trinajstić information content (AvgIpc) is 2.88. The molecule has 2 heterocycles. The highest BCUT2D eigenvalue weighted by Crippen LogP contribution is 2.44. The van der Waals surface area contributed by atoms with E-state index in [2.05, 4.69) is 4.99 Å². The average molecular weight is 375 g/mol. The molecule has 0 spiro atoms. The van der Waals surface area contributed by atoms with Gasteiger partial charge in [-0.05, 0) is 18.2 Å². The number of hydrogen-bond donors (Lipinski definition) is 0. The first kappa shape index (κ1) is 16.6. The minimum absolute atomic E-state index is 0.0251. The molecule has 0 aliphatic carbocycles. The van der Waals surface area contributed by atoms with Gasteiger partial charge in [0.05, 0.1) is 30.3 Å². The fourth-order valence-corrected chi connectivity index (χ4v) is 6.95. The molecular formula is C14H15ClN2O4S2. The fraction of sp³-hybridized carbons (Fsp3) is 0.429. The number of methoxy groups -OCH3 is 1. The summed E-state index contributed by atoms with van der Waals surface area (Å²) in [6.07, 6.45) is 0. The molecule has 6 nitrogen and oxygen atoms in total. The molecular weight excluding hydrogens is 360 g/mol. The van der Waals surface area contributed by atoms with E-state index < -0.39 is 9.84 Å². The zero-order chi connectivity index (χ0) is 16.8. The standard InChI is InChI=1S/C14H15ClN2O4S2/c1-8(18)16-14-17(10-5-9(15)3-4-12(10)21-2)11-6-23(19,20)7-13(11)22-14/h3-5,11,13H,6-7H2,1-2H3. The molecule has 1 aromatic carbocycles. The van der Waals surface area contributed by atoms with Crippen molar-refractivity contribution in [3.05, 3.63) is 23.2 Å². The van der Waals surface area contributed by atoms with Crippen LogP contribution in [0.2, 0.25) is 5.02 Å². The van der Waals surface area contributed by atoms with Crippen LogP contribution in [0.1, 0.15) is 6.92 Å². The Bertz CT molecular complexity index is 794. The lowest BCUT2D eigenvalue weighted by Crippen LogP contribution is -2.37. The van der Waals surface area contributed by atoms with Gasteiger partial charge in [0.25, 0.3) is 0 Å². The second-order valence-electron chi connectivity index (χ2n) is 5.40. The third-order valence-corrected chi connectivity index (χ3v) is 7.16. The van der Waals surface area contributed by atoms with Crippen molar-refractivity contribution in [3.8, 4) is 5.75 Å². The van der Waals surface area contributed by atoms with Crippen LogP contribution in [-0.4, -0.2) is 49.4 Å². The number of amides is 1. The van der Waals surface area contributed by atoms with Crippen molar-refractivity contribution < 1.29 is 17.9 Å². The zero-order valence-electron chi connectivity index (χ0n) is 12.5. The van der Waals surface area contributed by atoms with Gasteiger partial charge in [-0.3, -0.25) is 4.79 Å². The van der Waals surface area contributed by atoms with Crippen molar-refractivity contribution in [2.24, 2.45) is 4.99 Å². The van der Waals surface area contributed by atoms with Gasteiger partial charge in [0.1, 0.15) is 5.75 Å². The molecule has 2 aliphatic rings. The lowest BCUT2D eigenvalue weighted by atomic mass is 10.2. The van der Waals surface area contributed by atoms with Crippen LogP contribution < -0.4 is 9.64 Å². The maximum Gasteiger partial charge on any atom is 0.244 e. The summed E-state index contributed by atoms with van der Waals surface area (Å²) in [5, 5.41) is 0.835. The van der Waals surface area contributed by atoms with Gasteiger partial charge in [0.15, 0.2) is 15.0 Å². The number of carbonyl (C=O) groups excluding carboxylic acids is 1. The number of benzene rings is 1. The molecule has 3 rings (SSSR count). The number of anilines is 1. The highest BCUT2D eigenvalue weighted by molar-refractivity contribution is 8.16. The number of hydrogen-bond acceptors (Lipinski definition) is 5. The Morgan fingerprint density at radius 3 is 2.83 bits per heavy atom. The van der Waals surface area contributed by atoms with Crippen LogP contribution in [0.5, 0.6) is 5.75 Å². The normalized spacial score (nSPS) is 27.3. The minimum atomic E-state index is -3.10. The number of thioether (sulfide) groups is 1. The van der Waals surface area contributed by atoms with Crippen LogP contribution >= 0.6 is 23.4 Å². The van der Waals surface area contributed by atoms with Gasteiger partial charge >= 0.3 is 0 Å².